The summed E-state index contributed by atoms with van der Waals surface area (Å²) in [5, 5.41) is 12.7. The Bertz CT molecular complexity index is 419. The molecule has 1 aromatic heterocycles. The molecule has 0 saturated carbocycles. The van der Waals surface area contributed by atoms with E-state index in [2.05, 4.69) is 10.3 Å². The molecule has 1 atom stereocenters. The molecule has 0 aliphatic heterocycles. The number of hydrogen-bond acceptors (Lipinski definition) is 5. The van der Waals surface area contributed by atoms with Crippen LogP contribution in [0.15, 0.2) is 12.1 Å². The lowest BCUT2D eigenvalue weighted by atomic mass is 10.0. The van der Waals surface area contributed by atoms with Gasteiger partial charge in [-0.25, -0.2) is 0 Å². The number of nitrogens with one attached hydrogen (secondary N) is 1. The van der Waals surface area contributed by atoms with Crippen LogP contribution in [0, 0.1) is 12.8 Å². The summed E-state index contributed by atoms with van der Waals surface area (Å²) in [5.41, 5.74) is 1.35. The number of carbonyl (C=O) groups excluding carboxylic acids is 1. The van der Waals surface area contributed by atoms with Crippen molar-refractivity contribution in [1.82, 2.24) is 10.3 Å². The van der Waals surface area contributed by atoms with E-state index in [9.17, 15) is 9.90 Å². The van der Waals surface area contributed by atoms with Crippen molar-refractivity contribution in [1.29, 1.82) is 0 Å². The number of aryl methyl sites for hydroxylation is 1. The minimum atomic E-state index is -0.406. The van der Waals surface area contributed by atoms with Gasteiger partial charge in [0.1, 0.15) is 11.8 Å². The maximum absolute atomic E-state index is 11.6. The van der Waals surface area contributed by atoms with Gasteiger partial charge in [-0.1, -0.05) is 13.8 Å². The van der Waals surface area contributed by atoms with Crippen molar-refractivity contribution in [3.8, 4) is 5.75 Å². The lowest BCUT2D eigenvalue weighted by molar-refractivity contribution is -0.144. The molecule has 2 N–H and O–H groups in total. The van der Waals surface area contributed by atoms with Gasteiger partial charge in [-0.05, 0) is 25.0 Å². The molecular formula is C13H20N2O3. The largest absolute Gasteiger partial charge is 0.506 e. The van der Waals surface area contributed by atoms with Gasteiger partial charge in [0, 0.05) is 12.2 Å². The number of aromatic hydroxyl groups is 1. The van der Waals surface area contributed by atoms with E-state index in [-0.39, 0.29) is 17.6 Å². The number of hydrogen-bond donors (Lipinski definition) is 2. The number of ether oxygens (including phenoxy) is 1. The predicted octanol–water partition coefficient (Wildman–Crippen LogP) is 1.38. The first-order chi connectivity index (χ1) is 8.45. The Labute approximate surface area is 107 Å². The van der Waals surface area contributed by atoms with Crippen LogP contribution in [0.4, 0.5) is 0 Å². The summed E-state index contributed by atoms with van der Waals surface area (Å²) >= 11 is 0. The Morgan fingerprint density at radius 2 is 2.17 bits per heavy atom. The van der Waals surface area contributed by atoms with Crippen molar-refractivity contribution >= 4 is 5.97 Å². The van der Waals surface area contributed by atoms with Crippen LogP contribution >= 0.6 is 0 Å². The number of rotatable bonds is 5. The molecule has 0 fully saturated rings. The van der Waals surface area contributed by atoms with Gasteiger partial charge < -0.3 is 9.84 Å². The summed E-state index contributed by atoms with van der Waals surface area (Å²) in [4.78, 5) is 15.8. The number of esters is 1. The van der Waals surface area contributed by atoms with Crippen molar-refractivity contribution < 1.29 is 14.6 Å². The monoisotopic (exact) mass is 252 g/mol. The van der Waals surface area contributed by atoms with Crippen LogP contribution in [-0.2, 0) is 16.1 Å². The molecule has 1 unspecified atom stereocenters. The van der Waals surface area contributed by atoms with E-state index < -0.39 is 6.04 Å². The van der Waals surface area contributed by atoms with Gasteiger partial charge in [0.25, 0.3) is 0 Å². The van der Waals surface area contributed by atoms with Crippen LogP contribution < -0.4 is 5.32 Å². The van der Waals surface area contributed by atoms with Gasteiger partial charge in [0.15, 0.2) is 0 Å². The zero-order valence-electron chi connectivity index (χ0n) is 11.2. The van der Waals surface area contributed by atoms with E-state index in [1.54, 1.807) is 12.1 Å². The van der Waals surface area contributed by atoms with Crippen molar-refractivity contribution in [2.45, 2.75) is 33.4 Å². The van der Waals surface area contributed by atoms with Crippen molar-refractivity contribution in [2.75, 3.05) is 7.11 Å². The first-order valence-corrected chi connectivity index (χ1v) is 5.92. The molecule has 0 radical (unpaired) electrons. The number of aromatic nitrogens is 1. The van der Waals surface area contributed by atoms with Crippen LogP contribution in [-0.4, -0.2) is 29.2 Å². The Kier molecular flexibility index (Phi) is 5.09. The SMILES string of the molecule is COC(=O)C(NCc1nc(C)ccc1O)C(C)C. The molecule has 0 saturated heterocycles. The van der Waals surface area contributed by atoms with Gasteiger partial charge >= 0.3 is 5.97 Å². The van der Waals surface area contributed by atoms with Crippen LogP contribution in [0.1, 0.15) is 25.2 Å². The fourth-order valence-corrected chi connectivity index (χ4v) is 1.66. The first kappa shape index (κ1) is 14.4. The van der Waals surface area contributed by atoms with E-state index in [4.69, 9.17) is 4.74 Å². The van der Waals surface area contributed by atoms with Crippen LogP contribution in [0.5, 0.6) is 5.75 Å². The normalized spacial score (nSPS) is 12.5. The Morgan fingerprint density at radius 3 is 2.72 bits per heavy atom. The molecule has 0 spiro atoms. The number of methoxy groups -OCH3 is 1. The second-order valence-electron chi connectivity index (χ2n) is 4.54. The van der Waals surface area contributed by atoms with Gasteiger partial charge in [0.2, 0.25) is 0 Å². The average molecular weight is 252 g/mol. The molecular weight excluding hydrogens is 232 g/mol. The highest BCUT2D eigenvalue weighted by Crippen LogP contribution is 2.15. The quantitative estimate of drug-likeness (QED) is 0.775. The molecule has 0 aromatic carbocycles. The first-order valence-electron chi connectivity index (χ1n) is 5.92. The molecule has 1 rings (SSSR count). The van der Waals surface area contributed by atoms with E-state index in [1.165, 1.54) is 7.11 Å². The van der Waals surface area contributed by atoms with Crippen LogP contribution in [0.3, 0.4) is 0 Å². The van der Waals surface area contributed by atoms with E-state index in [1.807, 2.05) is 20.8 Å². The molecule has 0 amide bonds. The maximum Gasteiger partial charge on any atom is 0.323 e. The molecule has 1 heterocycles. The summed E-state index contributed by atoms with van der Waals surface area (Å²) in [6.07, 6.45) is 0. The Balaban J connectivity index is 2.73. The number of nitrogens with zero attached hydrogens (tertiary/aromatic N) is 1. The summed E-state index contributed by atoms with van der Waals surface area (Å²) < 4.78 is 4.73. The third-order valence-corrected chi connectivity index (χ3v) is 2.70. The van der Waals surface area contributed by atoms with Gasteiger partial charge in [-0.15, -0.1) is 0 Å². The number of pyridine rings is 1. The molecule has 0 aliphatic carbocycles. The minimum absolute atomic E-state index is 0.101. The third kappa shape index (κ3) is 3.70. The second kappa shape index (κ2) is 6.35. The molecule has 5 heteroatoms. The summed E-state index contributed by atoms with van der Waals surface area (Å²) in [5.74, 6) is -0.0815. The smallest absolute Gasteiger partial charge is 0.323 e. The van der Waals surface area contributed by atoms with E-state index in [0.717, 1.165) is 5.69 Å². The minimum Gasteiger partial charge on any atom is -0.506 e. The van der Waals surface area contributed by atoms with Crippen molar-refractivity contribution in [3.05, 3.63) is 23.5 Å². The topological polar surface area (TPSA) is 71.5 Å². The zero-order valence-corrected chi connectivity index (χ0v) is 11.2. The standard InChI is InChI=1S/C13H20N2O3/c1-8(2)12(13(17)18-4)14-7-10-11(16)6-5-9(3)15-10/h5-6,8,12,14,16H,7H2,1-4H3. The highest BCUT2D eigenvalue weighted by Gasteiger charge is 2.22. The maximum atomic E-state index is 11.6. The lowest BCUT2D eigenvalue weighted by Gasteiger charge is -2.19. The van der Waals surface area contributed by atoms with Gasteiger partial charge in [-0.3, -0.25) is 15.1 Å². The molecule has 0 bridgehead atoms. The summed E-state index contributed by atoms with van der Waals surface area (Å²) in [6, 6.07) is 2.93. The number of carbonyl (C=O) groups is 1. The highest BCUT2D eigenvalue weighted by molar-refractivity contribution is 5.75. The summed E-state index contributed by atoms with van der Waals surface area (Å²) in [6.45, 7) is 6.03. The molecule has 1 aromatic rings. The second-order valence-corrected chi connectivity index (χ2v) is 4.54. The third-order valence-electron chi connectivity index (χ3n) is 2.70. The van der Waals surface area contributed by atoms with E-state index >= 15 is 0 Å². The van der Waals surface area contributed by atoms with Crippen molar-refractivity contribution in [2.24, 2.45) is 5.92 Å². The lowest BCUT2D eigenvalue weighted by Crippen LogP contribution is -2.41. The molecule has 0 aliphatic rings. The highest BCUT2D eigenvalue weighted by atomic mass is 16.5. The fraction of sp³-hybridized carbons (Fsp3) is 0.538. The average Bonchev–Trinajstić information content (AvgIpc) is 2.32. The Hall–Kier alpha value is -1.62. The van der Waals surface area contributed by atoms with Crippen molar-refractivity contribution in [3.63, 3.8) is 0 Å². The van der Waals surface area contributed by atoms with E-state index in [0.29, 0.717) is 12.2 Å². The van der Waals surface area contributed by atoms with Crippen LogP contribution in [0.2, 0.25) is 0 Å². The van der Waals surface area contributed by atoms with Gasteiger partial charge in [0.05, 0.1) is 12.8 Å². The fourth-order valence-electron chi connectivity index (χ4n) is 1.66. The van der Waals surface area contributed by atoms with Crippen LogP contribution in [0.25, 0.3) is 0 Å². The predicted molar refractivity (Wildman–Crippen MR) is 68.1 cm³/mol. The van der Waals surface area contributed by atoms with Gasteiger partial charge in [-0.2, -0.15) is 0 Å². The molecule has 5 nitrogen and oxygen atoms in total. The molecule has 18 heavy (non-hydrogen) atoms. The Morgan fingerprint density at radius 1 is 1.50 bits per heavy atom. The summed E-state index contributed by atoms with van der Waals surface area (Å²) in [7, 11) is 1.36. The zero-order chi connectivity index (χ0) is 13.7. The molecule has 100 valence electrons.